The van der Waals surface area contributed by atoms with Crippen LogP contribution < -0.4 is 10.5 Å². The summed E-state index contributed by atoms with van der Waals surface area (Å²) in [5, 5.41) is 0. The highest BCUT2D eigenvalue weighted by atomic mass is 32.2. The molecule has 0 bridgehead atoms. The quantitative estimate of drug-likeness (QED) is 0.581. The van der Waals surface area contributed by atoms with Gasteiger partial charge in [0.1, 0.15) is 0 Å². The zero-order valence-corrected chi connectivity index (χ0v) is 11.7. The molecule has 0 unspecified atom stereocenters. The summed E-state index contributed by atoms with van der Waals surface area (Å²) in [6.45, 7) is 1.10. The molecule has 0 saturated carbocycles. The van der Waals surface area contributed by atoms with Gasteiger partial charge >= 0.3 is 0 Å². The van der Waals surface area contributed by atoms with E-state index in [0.717, 1.165) is 0 Å². The third-order valence-electron chi connectivity index (χ3n) is 2.30. The molecular formula is C13H18N2O3S. The van der Waals surface area contributed by atoms with E-state index in [1.165, 1.54) is 12.1 Å². The molecular weight excluding hydrogens is 264 g/mol. The topological polar surface area (TPSA) is 81.4 Å². The van der Waals surface area contributed by atoms with Gasteiger partial charge in [-0.25, -0.2) is 13.1 Å². The lowest BCUT2D eigenvalue weighted by atomic mass is 10.2. The van der Waals surface area contributed by atoms with Gasteiger partial charge in [-0.2, -0.15) is 0 Å². The van der Waals surface area contributed by atoms with Crippen LogP contribution in [0.1, 0.15) is 12.0 Å². The van der Waals surface area contributed by atoms with Crippen LogP contribution in [0.2, 0.25) is 0 Å². The first-order chi connectivity index (χ1) is 9.10. The number of sulfonamides is 1. The van der Waals surface area contributed by atoms with E-state index in [1.54, 1.807) is 19.2 Å². The lowest BCUT2D eigenvalue weighted by Crippen LogP contribution is -2.25. The van der Waals surface area contributed by atoms with Crippen molar-refractivity contribution in [3.05, 3.63) is 29.8 Å². The van der Waals surface area contributed by atoms with E-state index in [9.17, 15) is 8.42 Å². The first-order valence-electron chi connectivity index (χ1n) is 5.88. The number of nitrogens with two attached hydrogens (primary N) is 1. The Morgan fingerprint density at radius 2 is 2.21 bits per heavy atom. The second-order valence-corrected chi connectivity index (χ2v) is 5.54. The van der Waals surface area contributed by atoms with Crippen LogP contribution in [-0.2, 0) is 14.8 Å². The summed E-state index contributed by atoms with van der Waals surface area (Å²) in [5.74, 6) is 5.50. The molecule has 1 aromatic rings. The summed E-state index contributed by atoms with van der Waals surface area (Å²) < 4.78 is 31.4. The maximum atomic E-state index is 12.0. The van der Waals surface area contributed by atoms with Crippen LogP contribution in [0.25, 0.3) is 0 Å². The molecule has 3 N–H and O–H groups in total. The lowest BCUT2D eigenvalue weighted by molar-refractivity contribution is 0.196. The summed E-state index contributed by atoms with van der Waals surface area (Å²) >= 11 is 0. The van der Waals surface area contributed by atoms with Crippen LogP contribution in [0.4, 0.5) is 0 Å². The number of methoxy groups -OCH3 is 1. The first-order valence-corrected chi connectivity index (χ1v) is 7.36. The fraction of sp³-hybridized carbons (Fsp3) is 0.385. The van der Waals surface area contributed by atoms with Crippen LogP contribution in [0.5, 0.6) is 0 Å². The average molecular weight is 282 g/mol. The van der Waals surface area contributed by atoms with Crippen molar-refractivity contribution in [3.8, 4) is 11.8 Å². The standard InChI is InChI=1S/C13H18N2O3S/c1-18-10-4-9-15-19(16,17)13-7-2-5-12(11-13)6-3-8-14/h2,5,7,11,15H,4,8-10,14H2,1H3. The van der Waals surface area contributed by atoms with E-state index in [1.807, 2.05) is 0 Å². The zero-order valence-electron chi connectivity index (χ0n) is 10.8. The molecule has 1 rings (SSSR count). The van der Waals surface area contributed by atoms with Crippen molar-refractivity contribution in [2.24, 2.45) is 5.73 Å². The van der Waals surface area contributed by atoms with Crippen LogP contribution in [0, 0.1) is 11.8 Å². The third kappa shape index (κ3) is 5.41. The fourth-order valence-corrected chi connectivity index (χ4v) is 2.52. The van der Waals surface area contributed by atoms with Gasteiger partial charge in [-0.1, -0.05) is 17.9 Å². The van der Waals surface area contributed by atoms with E-state index in [0.29, 0.717) is 25.1 Å². The average Bonchev–Trinajstić information content (AvgIpc) is 2.42. The molecule has 6 heteroatoms. The van der Waals surface area contributed by atoms with Crippen molar-refractivity contribution in [2.75, 3.05) is 26.8 Å². The fourth-order valence-electron chi connectivity index (χ4n) is 1.40. The molecule has 0 radical (unpaired) electrons. The summed E-state index contributed by atoms with van der Waals surface area (Å²) in [6, 6.07) is 6.46. The third-order valence-corrected chi connectivity index (χ3v) is 3.76. The molecule has 0 saturated heterocycles. The van der Waals surface area contributed by atoms with Gasteiger partial charge in [0.05, 0.1) is 11.4 Å². The Kier molecular flexibility index (Phi) is 6.53. The molecule has 0 aliphatic rings. The Balaban J connectivity index is 2.77. The lowest BCUT2D eigenvalue weighted by Gasteiger charge is -2.06. The molecule has 0 heterocycles. The molecule has 104 valence electrons. The highest BCUT2D eigenvalue weighted by Crippen LogP contribution is 2.10. The Bertz CT molecular complexity index is 559. The van der Waals surface area contributed by atoms with Gasteiger partial charge in [-0.3, -0.25) is 0 Å². The van der Waals surface area contributed by atoms with Crippen molar-refractivity contribution in [1.29, 1.82) is 0 Å². The van der Waals surface area contributed by atoms with Gasteiger partial charge in [-0.15, -0.1) is 0 Å². The number of hydrogen-bond acceptors (Lipinski definition) is 4. The van der Waals surface area contributed by atoms with Crippen LogP contribution in [-0.4, -0.2) is 35.2 Å². The van der Waals surface area contributed by atoms with Gasteiger partial charge in [0.2, 0.25) is 10.0 Å². The van der Waals surface area contributed by atoms with E-state index in [-0.39, 0.29) is 11.4 Å². The number of rotatable bonds is 6. The minimum Gasteiger partial charge on any atom is -0.385 e. The highest BCUT2D eigenvalue weighted by Gasteiger charge is 2.13. The SMILES string of the molecule is COCCCNS(=O)(=O)c1cccc(C#CCN)c1. The van der Waals surface area contributed by atoms with Gasteiger partial charge in [0.15, 0.2) is 0 Å². The van der Waals surface area contributed by atoms with E-state index >= 15 is 0 Å². The van der Waals surface area contributed by atoms with Crippen molar-refractivity contribution < 1.29 is 13.2 Å². The molecule has 0 aromatic heterocycles. The predicted octanol–water partition coefficient (Wildman–Crippen LogP) is 0.312. The second kappa shape index (κ2) is 7.92. The smallest absolute Gasteiger partial charge is 0.240 e. The molecule has 0 fully saturated rings. The predicted molar refractivity (Wildman–Crippen MR) is 74.1 cm³/mol. The summed E-state index contributed by atoms with van der Waals surface area (Å²) in [6.07, 6.45) is 0.627. The summed E-state index contributed by atoms with van der Waals surface area (Å²) in [4.78, 5) is 0.203. The molecule has 0 atom stereocenters. The van der Waals surface area contributed by atoms with Gasteiger partial charge < -0.3 is 10.5 Å². The molecule has 0 amide bonds. The molecule has 1 aromatic carbocycles. The van der Waals surface area contributed by atoms with Gasteiger partial charge in [-0.05, 0) is 24.6 Å². The first kappa shape index (κ1) is 15.7. The Labute approximate surface area is 114 Å². The maximum Gasteiger partial charge on any atom is 0.240 e. The molecule has 0 spiro atoms. The summed E-state index contributed by atoms with van der Waals surface area (Å²) in [5.41, 5.74) is 5.91. The minimum absolute atomic E-state index is 0.203. The largest absolute Gasteiger partial charge is 0.385 e. The maximum absolute atomic E-state index is 12.0. The molecule has 5 nitrogen and oxygen atoms in total. The minimum atomic E-state index is -3.49. The monoisotopic (exact) mass is 282 g/mol. The Hall–Kier alpha value is -1.39. The van der Waals surface area contributed by atoms with E-state index in [4.69, 9.17) is 10.5 Å². The summed E-state index contributed by atoms with van der Waals surface area (Å²) in [7, 11) is -1.92. The number of benzene rings is 1. The van der Waals surface area contributed by atoms with Crippen LogP contribution in [0.3, 0.4) is 0 Å². The number of nitrogens with one attached hydrogen (secondary N) is 1. The van der Waals surface area contributed by atoms with Crippen molar-refractivity contribution in [3.63, 3.8) is 0 Å². The molecule has 0 aliphatic carbocycles. The molecule has 0 aliphatic heterocycles. The van der Waals surface area contributed by atoms with Crippen molar-refractivity contribution in [2.45, 2.75) is 11.3 Å². The van der Waals surface area contributed by atoms with E-state index < -0.39 is 10.0 Å². The Morgan fingerprint density at radius 3 is 2.89 bits per heavy atom. The van der Waals surface area contributed by atoms with Crippen LogP contribution >= 0.6 is 0 Å². The Morgan fingerprint density at radius 1 is 1.42 bits per heavy atom. The number of ether oxygens (including phenoxy) is 1. The highest BCUT2D eigenvalue weighted by molar-refractivity contribution is 7.89. The molecule has 19 heavy (non-hydrogen) atoms. The van der Waals surface area contributed by atoms with E-state index in [2.05, 4.69) is 16.6 Å². The van der Waals surface area contributed by atoms with Gasteiger partial charge in [0.25, 0.3) is 0 Å². The number of hydrogen-bond donors (Lipinski definition) is 2. The zero-order chi connectivity index (χ0) is 14.1. The van der Waals surface area contributed by atoms with Gasteiger partial charge in [0, 0.05) is 25.8 Å². The van der Waals surface area contributed by atoms with Crippen molar-refractivity contribution in [1.82, 2.24) is 4.72 Å². The van der Waals surface area contributed by atoms with Crippen LogP contribution in [0.15, 0.2) is 29.2 Å². The second-order valence-electron chi connectivity index (χ2n) is 3.78. The van der Waals surface area contributed by atoms with Crippen molar-refractivity contribution >= 4 is 10.0 Å². The normalized spacial score (nSPS) is 10.8.